The Labute approximate surface area is 141 Å². The summed E-state index contributed by atoms with van der Waals surface area (Å²) in [6, 6.07) is 0. The van der Waals surface area contributed by atoms with Crippen LogP contribution in [-0.2, 0) is 4.79 Å². The van der Waals surface area contributed by atoms with Gasteiger partial charge in [0.15, 0.2) is 5.96 Å². The first-order valence-electron chi connectivity index (χ1n) is 8.73. The lowest BCUT2D eigenvalue weighted by atomic mass is 9.97. The van der Waals surface area contributed by atoms with E-state index in [2.05, 4.69) is 34.4 Å². The molecule has 0 aliphatic carbocycles. The number of carbonyl (C=O) groups excluding carboxylic acids is 1. The fourth-order valence-electron chi connectivity index (χ4n) is 2.60. The predicted molar refractivity (Wildman–Crippen MR) is 96.4 cm³/mol. The van der Waals surface area contributed by atoms with Crippen LogP contribution in [0.1, 0.15) is 47.5 Å². The van der Waals surface area contributed by atoms with Gasteiger partial charge in [0.2, 0.25) is 5.91 Å². The van der Waals surface area contributed by atoms with Gasteiger partial charge in [0.1, 0.15) is 0 Å². The highest BCUT2D eigenvalue weighted by Crippen LogP contribution is 2.16. The fraction of sp³-hybridized carbons (Fsp3) is 0.882. The molecule has 134 valence electrons. The number of rotatable bonds is 6. The maximum atomic E-state index is 12.0. The molecule has 1 aliphatic heterocycles. The van der Waals surface area contributed by atoms with E-state index in [4.69, 9.17) is 5.73 Å². The summed E-state index contributed by atoms with van der Waals surface area (Å²) < 4.78 is 0. The molecule has 6 nitrogen and oxygen atoms in total. The van der Waals surface area contributed by atoms with Gasteiger partial charge < -0.3 is 16.4 Å². The second-order valence-electron chi connectivity index (χ2n) is 8.02. The summed E-state index contributed by atoms with van der Waals surface area (Å²) in [5.41, 5.74) is 5.71. The second-order valence-corrected chi connectivity index (χ2v) is 8.02. The molecule has 23 heavy (non-hydrogen) atoms. The van der Waals surface area contributed by atoms with Crippen LogP contribution in [0, 0.1) is 11.8 Å². The minimum Gasteiger partial charge on any atom is -0.370 e. The topological polar surface area (TPSA) is 82.8 Å². The molecule has 0 radical (unpaired) electrons. The van der Waals surface area contributed by atoms with Gasteiger partial charge in [-0.3, -0.25) is 14.7 Å². The van der Waals surface area contributed by atoms with Crippen molar-refractivity contribution in [3.05, 3.63) is 0 Å². The molecular formula is C17H35N5O. The number of guanidine groups is 1. The quantitative estimate of drug-likeness (QED) is 0.506. The van der Waals surface area contributed by atoms with E-state index in [9.17, 15) is 4.79 Å². The molecule has 4 N–H and O–H groups in total. The van der Waals surface area contributed by atoms with E-state index in [-0.39, 0.29) is 11.4 Å². The number of hydrogen-bond acceptors (Lipinski definition) is 3. The lowest BCUT2D eigenvalue weighted by Gasteiger charge is -2.32. The summed E-state index contributed by atoms with van der Waals surface area (Å²) in [7, 11) is 0. The molecule has 1 fully saturated rings. The third kappa shape index (κ3) is 9.43. The molecule has 0 aromatic carbocycles. The van der Waals surface area contributed by atoms with Gasteiger partial charge in [-0.25, -0.2) is 0 Å². The minimum absolute atomic E-state index is 0.110. The summed E-state index contributed by atoms with van der Waals surface area (Å²) in [4.78, 5) is 18.5. The standard InChI is InChI=1S/C17H35N5O/c1-13(2)10-19-16(18)20-11-14-6-8-22(9-7-14)12-15(23)21-17(3,4)5/h13-14H,6-12H2,1-5H3,(H,21,23)(H3,18,19,20). The van der Waals surface area contributed by atoms with Gasteiger partial charge >= 0.3 is 0 Å². The lowest BCUT2D eigenvalue weighted by molar-refractivity contribution is -0.124. The second kappa shape index (κ2) is 9.11. The van der Waals surface area contributed by atoms with Crippen LogP contribution in [0.4, 0.5) is 0 Å². The van der Waals surface area contributed by atoms with Crippen molar-refractivity contribution >= 4 is 11.9 Å². The Bertz CT molecular complexity index is 392. The molecule has 1 heterocycles. The van der Waals surface area contributed by atoms with Gasteiger partial charge in [0.25, 0.3) is 0 Å². The Morgan fingerprint density at radius 1 is 1.30 bits per heavy atom. The maximum Gasteiger partial charge on any atom is 0.234 e. The smallest absolute Gasteiger partial charge is 0.234 e. The van der Waals surface area contributed by atoms with E-state index in [0.717, 1.165) is 39.0 Å². The summed E-state index contributed by atoms with van der Waals surface area (Å²) >= 11 is 0. The molecular weight excluding hydrogens is 290 g/mol. The van der Waals surface area contributed by atoms with E-state index < -0.39 is 0 Å². The van der Waals surface area contributed by atoms with Crippen LogP contribution in [0.3, 0.4) is 0 Å². The summed E-state index contributed by atoms with van der Waals surface area (Å²) in [6.07, 6.45) is 2.18. The predicted octanol–water partition coefficient (Wildman–Crippen LogP) is 1.17. The van der Waals surface area contributed by atoms with Crippen LogP contribution < -0.4 is 16.4 Å². The van der Waals surface area contributed by atoms with Crippen LogP contribution in [0.2, 0.25) is 0 Å². The van der Waals surface area contributed by atoms with Crippen LogP contribution in [0.5, 0.6) is 0 Å². The third-order valence-electron chi connectivity index (χ3n) is 3.79. The molecule has 0 aromatic rings. The van der Waals surface area contributed by atoms with Crippen molar-refractivity contribution in [3.8, 4) is 0 Å². The zero-order valence-electron chi connectivity index (χ0n) is 15.5. The highest BCUT2D eigenvalue weighted by molar-refractivity contribution is 5.78. The number of carbonyl (C=O) groups is 1. The number of amides is 1. The summed E-state index contributed by atoms with van der Waals surface area (Å²) in [5, 5.41) is 6.24. The molecule has 1 amide bonds. The molecule has 1 saturated heterocycles. The van der Waals surface area contributed by atoms with Gasteiger partial charge in [-0.05, 0) is 58.5 Å². The minimum atomic E-state index is -0.161. The van der Waals surface area contributed by atoms with Crippen molar-refractivity contribution in [3.63, 3.8) is 0 Å². The number of piperidine rings is 1. The average molecular weight is 326 g/mol. The molecule has 1 rings (SSSR count). The molecule has 0 spiro atoms. The van der Waals surface area contributed by atoms with Gasteiger partial charge in [-0.2, -0.15) is 0 Å². The van der Waals surface area contributed by atoms with E-state index in [1.54, 1.807) is 0 Å². The molecule has 1 aliphatic rings. The van der Waals surface area contributed by atoms with E-state index in [1.165, 1.54) is 0 Å². The zero-order valence-corrected chi connectivity index (χ0v) is 15.5. The van der Waals surface area contributed by atoms with Crippen molar-refractivity contribution in [2.24, 2.45) is 22.6 Å². The van der Waals surface area contributed by atoms with Gasteiger partial charge in [0.05, 0.1) is 6.54 Å². The van der Waals surface area contributed by atoms with Crippen molar-refractivity contribution in [2.45, 2.75) is 53.0 Å². The average Bonchev–Trinajstić information content (AvgIpc) is 2.42. The fourth-order valence-corrected chi connectivity index (χ4v) is 2.60. The highest BCUT2D eigenvalue weighted by Gasteiger charge is 2.22. The maximum absolute atomic E-state index is 12.0. The van der Waals surface area contributed by atoms with E-state index in [0.29, 0.717) is 24.3 Å². The Morgan fingerprint density at radius 3 is 2.43 bits per heavy atom. The molecule has 0 atom stereocenters. The van der Waals surface area contributed by atoms with Crippen molar-refractivity contribution in [1.29, 1.82) is 0 Å². The van der Waals surface area contributed by atoms with Gasteiger partial charge in [-0.1, -0.05) is 13.8 Å². The van der Waals surface area contributed by atoms with Crippen molar-refractivity contribution in [2.75, 3.05) is 32.7 Å². The first-order valence-corrected chi connectivity index (χ1v) is 8.73. The number of aliphatic imine (C=N–C) groups is 1. The molecule has 0 bridgehead atoms. The largest absolute Gasteiger partial charge is 0.370 e. The number of likely N-dealkylation sites (tertiary alicyclic amines) is 1. The van der Waals surface area contributed by atoms with Crippen LogP contribution in [0.25, 0.3) is 0 Å². The number of nitrogens with two attached hydrogens (primary N) is 1. The van der Waals surface area contributed by atoms with Crippen LogP contribution in [0.15, 0.2) is 4.99 Å². The van der Waals surface area contributed by atoms with Gasteiger partial charge in [0, 0.05) is 18.6 Å². The van der Waals surface area contributed by atoms with Crippen LogP contribution >= 0.6 is 0 Å². The van der Waals surface area contributed by atoms with Crippen LogP contribution in [-0.4, -0.2) is 55.0 Å². The Morgan fingerprint density at radius 2 is 1.91 bits per heavy atom. The summed E-state index contributed by atoms with van der Waals surface area (Å²) in [5.74, 6) is 1.78. The lowest BCUT2D eigenvalue weighted by Crippen LogP contribution is -2.48. The number of nitrogens with zero attached hydrogens (tertiary/aromatic N) is 2. The Balaban J connectivity index is 2.23. The SMILES string of the molecule is CC(C)CN=C(N)NCC1CCN(CC(=O)NC(C)(C)C)CC1. The van der Waals surface area contributed by atoms with E-state index in [1.807, 2.05) is 20.8 Å². The first kappa shape index (κ1) is 19.7. The summed E-state index contributed by atoms with van der Waals surface area (Å²) in [6.45, 7) is 14.3. The zero-order chi connectivity index (χ0) is 17.5. The number of hydrogen-bond donors (Lipinski definition) is 3. The van der Waals surface area contributed by atoms with Gasteiger partial charge in [-0.15, -0.1) is 0 Å². The van der Waals surface area contributed by atoms with Crippen molar-refractivity contribution < 1.29 is 4.79 Å². The Hall–Kier alpha value is -1.30. The molecule has 6 heteroatoms. The molecule has 0 saturated carbocycles. The van der Waals surface area contributed by atoms with Crippen molar-refractivity contribution in [1.82, 2.24) is 15.5 Å². The Kier molecular flexibility index (Phi) is 7.82. The third-order valence-corrected chi connectivity index (χ3v) is 3.79. The highest BCUT2D eigenvalue weighted by atomic mass is 16.2. The normalized spacial score (nSPS) is 18.3. The first-order chi connectivity index (χ1) is 10.7. The number of nitrogens with one attached hydrogen (secondary N) is 2. The monoisotopic (exact) mass is 325 g/mol. The van der Waals surface area contributed by atoms with E-state index >= 15 is 0 Å². The molecule has 0 unspecified atom stereocenters. The molecule has 0 aromatic heterocycles.